The molecule has 0 N–H and O–H groups in total. The molecular formula is C11H15N5S2. The minimum Gasteiger partial charge on any atom is -0.246 e. The first-order valence-electron chi connectivity index (χ1n) is 6.14. The van der Waals surface area contributed by atoms with Crippen LogP contribution in [0.3, 0.4) is 0 Å². The molecule has 1 fully saturated rings. The maximum absolute atomic E-state index is 4.46. The number of rotatable bonds is 4. The van der Waals surface area contributed by atoms with Gasteiger partial charge >= 0.3 is 0 Å². The van der Waals surface area contributed by atoms with Gasteiger partial charge in [0.2, 0.25) is 5.16 Å². The standard InChI is InChI=1S/C11H15N5S2/c1-8-12-9(6-17-8)7-18-11-13-14-15-16(11)10-4-2-3-5-10/h6,10H,2-5,7H2,1H3. The highest BCUT2D eigenvalue weighted by molar-refractivity contribution is 7.98. The van der Waals surface area contributed by atoms with Crippen molar-refractivity contribution in [2.45, 2.75) is 49.6 Å². The summed E-state index contributed by atoms with van der Waals surface area (Å²) in [5.74, 6) is 0.845. The molecule has 0 saturated heterocycles. The summed E-state index contributed by atoms with van der Waals surface area (Å²) in [5, 5.41) is 16.2. The van der Waals surface area contributed by atoms with Gasteiger partial charge in [0.15, 0.2) is 0 Å². The van der Waals surface area contributed by atoms with Crippen LogP contribution in [0.5, 0.6) is 0 Å². The van der Waals surface area contributed by atoms with E-state index in [1.807, 2.05) is 11.6 Å². The van der Waals surface area contributed by atoms with Gasteiger partial charge in [0.1, 0.15) is 0 Å². The van der Waals surface area contributed by atoms with Crippen LogP contribution in [0.25, 0.3) is 0 Å². The molecule has 0 aliphatic heterocycles. The van der Waals surface area contributed by atoms with E-state index in [1.165, 1.54) is 25.7 Å². The number of aryl methyl sites for hydroxylation is 1. The van der Waals surface area contributed by atoms with Gasteiger partial charge in [-0.15, -0.1) is 16.4 Å². The molecule has 7 heteroatoms. The lowest BCUT2D eigenvalue weighted by molar-refractivity contribution is 0.423. The SMILES string of the molecule is Cc1nc(CSc2nnnn2C2CCCC2)cs1. The maximum atomic E-state index is 4.46. The first-order chi connectivity index (χ1) is 8.83. The van der Waals surface area contributed by atoms with Crippen LogP contribution in [0.2, 0.25) is 0 Å². The topological polar surface area (TPSA) is 56.5 Å². The molecule has 1 aliphatic rings. The zero-order valence-electron chi connectivity index (χ0n) is 10.2. The second-order valence-electron chi connectivity index (χ2n) is 4.49. The Hall–Kier alpha value is -0.950. The smallest absolute Gasteiger partial charge is 0.209 e. The van der Waals surface area contributed by atoms with E-state index >= 15 is 0 Å². The van der Waals surface area contributed by atoms with Crippen molar-refractivity contribution in [3.63, 3.8) is 0 Å². The summed E-state index contributed by atoms with van der Waals surface area (Å²) in [4.78, 5) is 4.46. The average molecular weight is 281 g/mol. The molecule has 2 heterocycles. The van der Waals surface area contributed by atoms with E-state index in [1.54, 1.807) is 23.1 Å². The lowest BCUT2D eigenvalue weighted by atomic mass is 10.3. The molecule has 0 bridgehead atoms. The Morgan fingerprint density at radius 1 is 1.44 bits per heavy atom. The Labute approximate surface area is 114 Å². The molecule has 0 atom stereocenters. The fourth-order valence-electron chi connectivity index (χ4n) is 2.27. The zero-order chi connectivity index (χ0) is 12.4. The fourth-order valence-corrected chi connectivity index (χ4v) is 3.83. The van der Waals surface area contributed by atoms with E-state index in [-0.39, 0.29) is 0 Å². The first-order valence-corrected chi connectivity index (χ1v) is 8.01. The van der Waals surface area contributed by atoms with Crippen molar-refractivity contribution < 1.29 is 0 Å². The van der Waals surface area contributed by atoms with Crippen molar-refractivity contribution in [3.05, 3.63) is 16.1 Å². The fraction of sp³-hybridized carbons (Fsp3) is 0.636. The zero-order valence-corrected chi connectivity index (χ0v) is 11.9. The molecule has 5 nitrogen and oxygen atoms in total. The molecule has 1 aliphatic carbocycles. The number of hydrogen-bond donors (Lipinski definition) is 0. The van der Waals surface area contributed by atoms with E-state index < -0.39 is 0 Å². The Morgan fingerprint density at radius 2 is 2.28 bits per heavy atom. The van der Waals surface area contributed by atoms with Gasteiger partial charge in [0.05, 0.1) is 16.7 Å². The van der Waals surface area contributed by atoms with Gasteiger partial charge in [0, 0.05) is 11.1 Å². The van der Waals surface area contributed by atoms with Crippen molar-refractivity contribution in [2.75, 3.05) is 0 Å². The third-order valence-electron chi connectivity index (χ3n) is 3.15. The number of nitrogens with zero attached hydrogens (tertiary/aromatic N) is 5. The van der Waals surface area contributed by atoms with Crippen LogP contribution in [-0.4, -0.2) is 25.2 Å². The molecule has 0 spiro atoms. The van der Waals surface area contributed by atoms with Gasteiger partial charge in [-0.05, 0) is 30.2 Å². The van der Waals surface area contributed by atoms with Crippen molar-refractivity contribution in [2.24, 2.45) is 0 Å². The summed E-state index contributed by atoms with van der Waals surface area (Å²) in [6, 6.07) is 0.500. The molecule has 3 rings (SSSR count). The predicted molar refractivity (Wildman–Crippen MR) is 71.7 cm³/mol. The van der Waals surface area contributed by atoms with Crippen LogP contribution < -0.4 is 0 Å². The van der Waals surface area contributed by atoms with Gasteiger partial charge in [-0.25, -0.2) is 9.67 Å². The van der Waals surface area contributed by atoms with Crippen molar-refractivity contribution >= 4 is 23.1 Å². The Kier molecular flexibility index (Phi) is 3.60. The molecule has 0 radical (unpaired) electrons. The lowest BCUT2D eigenvalue weighted by Gasteiger charge is -2.10. The maximum Gasteiger partial charge on any atom is 0.209 e. The predicted octanol–water partition coefficient (Wildman–Crippen LogP) is 2.85. The van der Waals surface area contributed by atoms with Crippen molar-refractivity contribution in [1.29, 1.82) is 0 Å². The van der Waals surface area contributed by atoms with Crippen LogP contribution in [-0.2, 0) is 5.75 Å². The second kappa shape index (κ2) is 5.36. The third-order valence-corrected chi connectivity index (χ3v) is 4.94. The number of tetrazole rings is 1. The molecule has 96 valence electrons. The van der Waals surface area contributed by atoms with Gasteiger partial charge in [-0.2, -0.15) is 0 Å². The monoisotopic (exact) mass is 281 g/mol. The van der Waals surface area contributed by atoms with Crippen molar-refractivity contribution in [3.8, 4) is 0 Å². The summed E-state index contributed by atoms with van der Waals surface area (Å²) < 4.78 is 2.00. The Morgan fingerprint density at radius 3 is 3.00 bits per heavy atom. The van der Waals surface area contributed by atoms with E-state index in [9.17, 15) is 0 Å². The number of aromatic nitrogens is 5. The quantitative estimate of drug-likeness (QED) is 0.807. The van der Waals surface area contributed by atoms with E-state index in [0.29, 0.717) is 6.04 Å². The number of hydrogen-bond acceptors (Lipinski definition) is 6. The second-order valence-corrected chi connectivity index (χ2v) is 6.50. The van der Waals surface area contributed by atoms with E-state index in [0.717, 1.165) is 21.6 Å². The highest BCUT2D eigenvalue weighted by atomic mass is 32.2. The summed E-state index contributed by atoms with van der Waals surface area (Å²) in [6.45, 7) is 2.03. The van der Waals surface area contributed by atoms with Crippen LogP contribution in [0.1, 0.15) is 42.4 Å². The largest absolute Gasteiger partial charge is 0.246 e. The molecule has 0 aromatic carbocycles. The molecule has 1 saturated carbocycles. The third kappa shape index (κ3) is 2.56. The molecule has 0 amide bonds. The van der Waals surface area contributed by atoms with Gasteiger partial charge in [-0.3, -0.25) is 0 Å². The molecule has 18 heavy (non-hydrogen) atoms. The average Bonchev–Trinajstić information content (AvgIpc) is 3.07. The Bertz CT molecular complexity index is 515. The van der Waals surface area contributed by atoms with Crippen LogP contribution in [0.15, 0.2) is 10.5 Å². The number of thioether (sulfide) groups is 1. The minimum atomic E-state index is 0.500. The summed E-state index contributed by atoms with van der Waals surface area (Å²) >= 11 is 3.37. The summed E-state index contributed by atoms with van der Waals surface area (Å²) in [6.07, 6.45) is 4.99. The molecule has 0 unspecified atom stereocenters. The number of thiazole rings is 1. The van der Waals surface area contributed by atoms with Gasteiger partial charge < -0.3 is 0 Å². The van der Waals surface area contributed by atoms with Gasteiger partial charge in [-0.1, -0.05) is 24.6 Å². The summed E-state index contributed by atoms with van der Waals surface area (Å²) in [7, 11) is 0. The Balaban J connectivity index is 1.67. The molecular weight excluding hydrogens is 266 g/mol. The highest BCUT2D eigenvalue weighted by Crippen LogP contribution is 2.32. The van der Waals surface area contributed by atoms with E-state index in [4.69, 9.17) is 0 Å². The normalized spacial score (nSPS) is 16.5. The highest BCUT2D eigenvalue weighted by Gasteiger charge is 2.21. The minimum absolute atomic E-state index is 0.500. The molecule has 2 aromatic rings. The van der Waals surface area contributed by atoms with Crippen molar-refractivity contribution in [1.82, 2.24) is 25.2 Å². The van der Waals surface area contributed by atoms with Gasteiger partial charge in [0.25, 0.3) is 0 Å². The van der Waals surface area contributed by atoms with Crippen LogP contribution >= 0.6 is 23.1 Å². The van der Waals surface area contributed by atoms with Crippen LogP contribution in [0.4, 0.5) is 0 Å². The van der Waals surface area contributed by atoms with Crippen LogP contribution in [0, 0.1) is 6.92 Å². The first kappa shape index (κ1) is 12.1. The molecule has 2 aromatic heterocycles. The summed E-state index contributed by atoms with van der Waals surface area (Å²) in [5.41, 5.74) is 1.11. The van der Waals surface area contributed by atoms with E-state index in [2.05, 4.69) is 25.9 Å². The lowest BCUT2D eigenvalue weighted by Crippen LogP contribution is -2.08.